The van der Waals surface area contributed by atoms with Crippen LogP contribution >= 0.6 is 23.2 Å². The van der Waals surface area contributed by atoms with Gasteiger partial charge in [-0.25, -0.2) is 9.78 Å². The zero-order valence-corrected chi connectivity index (χ0v) is 27.3. The Hall–Kier alpha value is -3.44. The Morgan fingerprint density at radius 3 is 2.40 bits per heavy atom. The van der Waals surface area contributed by atoms with Gasteiger partial charge in [0.25, 0.3) is 0 Å². The third kappa shape index (κ3) is 6.05. The van der Waals surface area contributed by atoms with Gasteiger partial charge in [-0.1, -0.05) is 28.4 Å². The molecule has 5 aliphatic rings. The van der Waals surface area contributed by atoms with E-state index in [1.807, 2.05) is 12.1 Å². The van der Waals surface area contributed by atoms with E-state index >= 15 is 0 Å². The second-order valence-corrected chi connectivity index (χ2v) is 14.4. The third-order valence-corrected chi connectivity index (χ3v) is 11.0. The largest absolute Gasteiger partial charge is 0.493 e. The molecule has 4 aliphatic carbocycles. The van der Waals surface area contributed by atoms with Crippen LogP contribution in [0.5, 0.6) is 11.5 Å². The molecule has 246 valence electrons. The Kier molecular flexibility index (Phi) is 8.03. The molecule has 4 aromatic rings. The van der Waals surface area contributed by atoms with Crippen molar-refractivity contribution in [1.29, 1.82) is 0 Å². The lowest BCUT2D eigenvalue weighted by atomic mass is 9.59. The van der Waals surface area contributed by atoms with Gasteiger partial charge in [-0.3, -0.25) is 4.98 Å². The number of carboxylic acids is 1. The molecular weight excluding hydrogens is 645 g/mol. The minimum Gasteiger partial charge on any atom is -0.493 e. The van der Waals surface area contributed by atoms with Crippen LogP contribution in [0.1, 0.15) is 79.1 Å². The summed E-state index contributed by atoms with van der Waals surface area (Å²) in [4.78, 5) is 20.1. The van der Waals surface area contributed by atoms with Crippen molar-refractivity contribution < 1.29 is 33.4 Å². The molecule has 0 unspecified atom stereocenters. The molecule has 0 amide bonds. The summed E-state index contributed by atoms with van der Waals surface area (Å²) < 4.78 is 30.4. The van der Waals surface area contributed by atoms with Crippen molar-refractivity contribution in [3.8, 4) is 22.8 Å². The first-order chi connectivity index (χ1) is 22.8. The molecule has 0 atom stereocenters. The second-order valence-electron chi connectivity index (χ2n) is 13.6. The van der Waals surface area contributed by atoms with Crippen molar-refractivity contribution in [2.24, 2.45) is 11.3 Å². The summed E-state index contributed by atoms with van der Waals surface area (Å²) in [6, 6.07) is 7.06. The third-order valence-electron chi connectivity index (χ3n) is 10.4. The highest BCUT2D eigenvalue weighted by Gasteiger charge is 2.50. The number of fused-ring (bicyclic) bond motifs is 4. The molecule has 1 aliphatic heterocycles. The summed E-state index contributed by atoms with van der Waals surface area (Å²) in [6.07, 6.45) is 11.2. The van der Waals surface area contributed by atoms with Crippen molar-refractivity contribution in [3.05, 3.63) is 63.7 Å². The van der Waals surface area contributed by atoms with Crippen LogP contribution in [-0.4, -0.2) is 58.2 Å². The lowest BCUT2D eigenvalue weighted by molar-refractivity contribution is -0.150. The van der Waals surface area contributed by atoms with Crippen molar-refractivity contribution in [2.45, 2.75) is 69.5 Å². The molecule has 4 saturated carbocycles. The van der Waals surface area contributed by atoms with Crippen LogP contribution in [-0.2, 0) is 16.1 Å². The molecular formula is C35H35Cl2N3O7. The number of hydrogen-bond donors (Lipinski definition) is 1. The van der Waals surface area contributed by atoms with Crippen LogP contribution in [0.3, 0.4) is 0 Å². The van der Waals surface area contributed by atoms with E-state index in [9.17, 15) is 9.90 Å². The Morgan fingerprint density at radius 2 is 1.74 bits per heavy atom. The van der Waals surface area contributed by atoms with Gasteiger partial charge < -0.3 is 28.6 Å². The number of carboxylic acid groups (broad SMARTS) is 1. The van der Waals surface area contributed by atoms with E-state index in [0.29, 0.717) is 83.2 Å². The quantitative estimate of drug-likeness (QED) is 0.158. The number of aromatic nitrogens is 3. The van der Waals surface area contributed by atoms with Crippen molar-refractivity contribution >= 4 is 40.1 Å². The maximum Gasteiger partial charge on any atom is 0.354 e. The number of nitrogens with zero attached hydrogens (tertiary/aromatic N) is 3. The van der Waals surface area contributed by atoms with E-state index in [1.54, 1.807) is 18.5 Å². The Labute approximate surface area is 281 Å². The van der Waals surface area contributed by atoms with Crippen LogP contribution in [0.2, 0.25) is 10.0 Å². The average Bonchev–Trinajstić information content (AvgIpc) is 3.82. The van der Waals surface area contributed by atoms with E-state index in [4.69, 9.17) is 46.7 Å². The zero-order valence-electron chi connectivity index (χ0n) is 25.8. The molecule has 4 heterocycles. The molecule has 2 bridgehead atoms. The van der Waals surface area contributed by atoms with Gasteiger partial charge in [0.05, 0.1) is 54.2 Å². The van der Waals surface area contributed by atoms with Crippen molar-refractivity contribution in [1.82, 2.24) is 15.1 Å². The van der Waals surface area contributed by atoms with Gasteiger partial charge in [0, 0.05) is 52.2 Å². The van der Waals surface area contributed by atoms with Crippen molar-refractivity contribution in [3.63, 3.8) is 0 Å². The van der Waals surface area contributed by atoms with E-state index in [-0.39, 0.29) is 16.7 Å². The van der Waals surface area contributed by atoms with Gasteiger partial charge in [0.15, 0.2) is 5.69 Å². The van der Waals surface area contributed by atoms with Crippen LogP contribution in [0.15, 0.2) is 41.2 Å². The SMILES string of the molecule is O=C(O)c1cc(OCC2COC2)c2cc(OCC34CCC(OCc5c(-c6c(Cl)cncc6Cl)noc5C5CC5)(CC3)CC4)ccc2n1. The first-order valence-electron chi connectivity index (χ1n) is 16.2. The maximum absolute atomic E-state index is 11.7. The normalized spacial score (nSPS) is 24.0. The minimum absolute atomic E-state index is 0.0472. The van der Waals surface area contributed by atoms with Crippen LogP contribution in [0, 0.1) is 11.3 Å². The molecule has 1 N–H and O–H groups in total. The molecule has 0 spiro atoms. The van der Waals surface area contributed by atoms with Gasteiger partial charge in [-0.15, -0.1) is 0 Å². The summed E-state index contributed by atoms with van der Waals surface area (Å²) in [5.74, 6) is 1.66. The second kappa shape index (κ2) is 12.2. The number of carbonyl (C=O) groups is 1. The number of rotatable bonds is 12. The van der Waals surface area contributed by atoms with Gasteiger partial charge in [-0.2, -0.15) is 0 Å². The summed E-state index contributed by atoms with van der Waals surface area (Å²) in [6.45, 7) is 2.76. The van der Waals surface area contributed by atoms with Gasteiger partial charge in [0.1, 0.15) is 23.0 Å². The Balaban J connectivity index is 0.940. The highest BCUT2D eigenvalue weighted by atomic mass is 35.5. The lowest BCUT2D eigenvalue weighted by Crippen LogP contribution is -2.49. The molecule has 9 rings (SSSR count). The zero-order chi connectivity index (χ0) is 32.2. The van der Waals surface area contributed by atoms with Crippen LogP contribution in [0.4, 0.5) is 0 Å². The van der Waals surface area contributed by atoms with Gasteiger partial charge >= 0.3 is 5.97 Å². The predicted octanol–water partition coefficient (Wildman–Crippen LogP) is 7.88. The first kappa shape index (κ1) is 30.9. The number of benzene rings is 1. The molecule has 1 saturated heterocycles. The molecule has 5 fully saturated rings. The number of aromatic carboxylic acids is 1. The van der Waals surface area contributed by atoms with E-state index in [1.165, 1.54) is 6.07 Å². The van der Waals surface area contributed by atoms with Crippen molar-refractivity contribution in [2.75, 3.05) is 26.4 Å². The molecule has 10 nitrogen and oxygen atoms in total. The fourth-order valence-electron chi connectivity index (χ4n) is 7.17. The fourth-order valence-corrected chi connectivity index (χ4v) is 7.71. The number of hydrogen-bond acceptors (Lipinski definition) is 9. The standard InChI is InChI=1S/C35H35Cl2N3O7/c36-25-13-38-14-26(37)30(25)31-24(32(47-40-31)21-1-2-21)18-46-35-8-5-34(6-9-35,7-10-35)19-45-22-3-4-27-23(11-22)29(12-28(39-27)33(41)42)44-17-20-15-43-16-20/h3-4,11-14,20-21H,1-2,5-10,15-19H2,(H,41,42). The fraction of sp³-hybridized carbons (Fsp3) is 0.486. The smallest absolute Gasteiger partial charge is 0.354 e. The summed E-state index contributed by atoms with van der Waals surface area (Å²) in [5.41, 5.74) is 2.61. The predicted molar refractivity (Wildman–Crippen MR) is 173 cm³/mol. The van der Waals surface area contributed by atoms with E-state index in [0.717, 1.165) is 68.1 Å². The molecule has 0 radical (unpaired) electrons. The maximum atomic E-state index is 11.7. The molecule has 3 aromatic heterocycles. The Bertz CT molecular complexity index is 1790. The lowest BCUT2D eigenvalue weighted by Gasteiger charge is -2.52. The van der Waals surface area contributed by atoms with E-state index < -0.39 is 5.97 Å². The summed E-state index contributed by atoms with van der Waals surface area (Å²) in [5, 5.41) is 15.6. The molecule has 12 heteroatoms. The topological polar surface area (TPSA) is 126 Å². The van der Waals surface area contributed by atoms with Crippen LogP contribution < -0.4 is 9.47 Å². The highest BCUT2D eigenvalue weighted by Crippen LogP contribution is 2.55. The van der Waals surface area contributed by atoms with Gasteiger partial charge in [0.2, 0.25) is 0 Å². The van der Waals surface area contributed by atoms with Gasteiger partial charge in [-0.05, 0) is 69.6 Å². The average molecular weight is 681 g/mol. The number of halogens is 2. The number of ether oxygens (including phenoxy) is 4. The first-order valence-corrected chi connectivity index (χ1v) is 17.0. The van der Waals surface area contributed by atoms with Crippen LogP contribution in [0.25, 0.3) is 22.2 Å². The number of pyridine rings is 2. The minimum atomic E-state index is -1.09. The molecule has 1 aromatic carbocycles. The van der Waals surface area contributed by atoms with E-state index in [2.05, 4.69) is 15.1 Å². The molecule has 47 heavy (non-hydrogen) atoms. The summed E-state index contributed by atoms with van der Waals surface area (Å²) in [7, 11) is 0. The summed E-state index contributed by atoms with van der Waals surface area (Å²) >= 11 is 13.0. The highest BCUT2D eigenvalue weighted by molar-refractivity contribution is 6.38. The monoisotopic (exact) mass is 679 g/mol. The Morgan fingerprint density at radius 1 is 1.00 bits per heavy atom.